The Labute approximate surface area is 103 Å². The van der Waals surface area contributed by atoms with E-state index in [0.717, 1.165) is 0 Å². The molecule has 0 aliphatic carbocycles. The lowest BCUT2D eigenvalue weighted by molar-refractivity contribution is -0.136. The molecule has 90 valence electrons. The van der Waals surface area contributed by atoms with Gasteiger partial charge in [0.1, 0.15) is 5.82 Å². The van der Waals surface area contributed by atoms with E-state index in [1.807, 2.05) is 0 Å². The smallest absolute Gasteiger partial charge is 0.230 e. The third-order valence-electron chi connectivity index (χ3n) is 2.82. The van der Waals surface area contributed by atoms with Crippen LogP contribution in [0.15, 0.2) is 18.2 Å². The lowest BCUT2D eigenvalue weighted by Gasteiger charge is -2.20. The zero-order valence-electron chi connectivity index (χ0n) is 9.00. The van der Waals surface area contributed by atoms with Crippen LogP contribution in [0.5, 0.6) is 0 Å². The van der Waals surface area contributed by atoms with Gasteiger partial charge in [-0.2, -0.15) is 0 Å². The van der Waals surface area contributed by atoms with Gasteiger partial charge < -0.3 is 0 Å². The molecule has 1 aliphatic heterocycles. The third kappa shape index (κ3) is 2.82. The van der Waals surface area contributed by atoms with Crippen molar-refractivity contribution in [3.8, 4) is 0 Å². The van der Waals surface area contributed by atoms with Crippen molar-refractivity contribution in [2.45, 2.75) is 19.3 Å². The fraction of sp³-hybridized carbons (Fsp3) is 0.333. The van der Waals surface area contributed by atoms with Crippen LogP contribution in [0.3, 0.4) is 0 Å². The summed E-state index contributed by atoms with van der Waals surface area (Å²) in [6, 6.07) is 4.49. The van der Waals surface area contributed by atoms with Crippen LogP contribution in [0.25, 0.3) is 0 Å². The van der Waals surface area contributed by atoms with Crippen LogP contribution in [-0.4, -0.2) is 11.8 Å². The average molecular weight is 256 g/mol. The minimum atomic E-state index is -0.489. The van der Waals surface area contributed by atoms with Gasteiger partial charge in [-0.05, 0) is 30.5 Å². The minimum Gasteiger partial charge on any atom is -0.296 e. The first-order valence-corrected chi connectivity index (χ1v) is 5.71. The van der Waals surface area contributed by atoms with E-state index in [9.17, 15) is 14.0 Å². The molecule has 5 heteroatoms. The average Bonchev–Trinajstić information content (AvgIpc) is 2.27. The minimum absolute atomic E-state index is 0.0667. The van der Waals surface area contributed by atoms with Crippen LogP contribution in [0.1, 0.15) is 18.4 Å². The Bertz CT molecular complexity index is 476. The zero-order chi connectivity index (χ0) is 12.4. The number of rotatable bonds is 2. The number of halogens is 2. The van der Waals surface area contributed by atoms with E-state index in [4.69, 9.17) is 11.6 Å². The first-order chi connectivity index (χ1) is 8.06. The molecule has 1 unspecified atom stereocenters. The van der Waals surface area contributed by atoms with Gasteiger partial charge in [-0.15, -0.1) is 0 Å². The summed E-state index contributed by atoms with van der Waals surface area (Å²) in [5.74, 6) is -1.28. The molecule has 1 heterocycles. The van der Waals surface area contributed by atoms with E-state index >= 15 is 0 Å². The lowest BCUT2D eigenvalue weighted by atomic mass is 9.91. The van der Waals surface area contributed by atoms with Crippen molar-refractivity contribution >= 4 is 23.4 Å². The molecule has 1 aromatic carbocycles. The van der Waals surface area contributed by atoms with Crippen molar-refractivity contribution < 1.29 is 14.0 Å². The highest BCUT2D eigenvalue weighted by Crippen LogP contribution is 2.21. The Hall–Kier alpha value is -1.42. The maximum atomic E-state index is 13.2. The molecule has 1 atom stereocenters. The first-order valence-electron chi connectivity index (χ1n) is 5.34. The second-order valence-corrected chi connectivity index (χ2v) is 4.51. The zero-order valence-corrected chi connectivity index (χ0v) is 9.76. The molecule has 1 aromatic rings. The summed E-state index contributed by atoms with van der Waals surface area (Å²) in [6.45, 7) is 0. The van der Waals surface area contributed by atoms with Crippen molar-refractivity contribution in [3.63, 3.8) is 0 Å². The summed E-state index contributed by atoms with van der Waals surface area (Å²) in [5.41, 5.74) is 0.710. The fourth-order valence-electron chi connectivity index (χ4n) is 1.88. The first kappa shape index (κ1) is 12.0. The summed E-state index contributed by atoms with van der Waals surface area (Å²) < 4.78 is 13.2. The summed E-state index contributed by atoms with van der Waals surface area (Å²) in [6.07, 6.45) is 1.27. The van der Waals surface area contributed by atoms with Crippen molar-refractivity contribution in [2.75, 3.05) is 0 Å². The SMILES string of the molecule is O=C1CCC(Cc2ccc(Cl)c(F)c2)C(=O)N1. The van der Waals surface area contributed by atoms with E-state index in [1.54, 1.807) is 6.07 Å². The molecule has 3 nitrogen and oxygen atoms in total. The molecular weight excluding hydrogens is 245 g/mol. The van der Waals surface area contributed by atoms with Crippen LogP contribution < -0.4 is 5.32 Å². The van der Waals surface area contributed by atoms with Crippen LogP contribution in [0.2, 0.25) is 5.02 Å². The topological polar surface area (TPSA) is 46.2 Å². The van der Waals surface area contributed by atoms with Gasteiger partial charge in [0.25, 0.3) is 0 Å². The molecular formula is C12H11ClFNO2. The Morgan fingerprint density at radius 3 is 2.82 bits per heavy atom. The van der Waals surface area contributed by atoms with Crippen LogP contribution >= 0.6 is 11.6 Å². The van der Waals surface area contributed by atoms with E-state index in [-0.39, 0.29) is 22.8 Å². The molecule has 0 radical (unpaired) electrons. The van der Waals surface area contributed by atoms with Crippen LogP contribution in [-0.2, 0) is 16.0 Å². The molecule has 0 spiro atoms. The van der Waals surface area contributed by atoms with Crippen LogP contribution in [0.4, 0.5) is 4.39 Å². The second-order valence-electron chi connectivity index (χ2n) is 4.10. The second kappa shape index (κ2) is 4.84. The molecule has 17 heavy (non-hydrogen) atoms. The Kier molecular flexibility index (Phi) is 3.43. The lowest BCUT2D eigenvalue weighted by Crippen LogP contribution is -2.41. The highest BCUT2D eigenvalue weighted by Gasteiger charge is 2.26. The summed E-state index contributed by atoms with van der Waals surface area (Å²) in [7, 11) is 0. The highest BCUT2D eigenvalue weighted by atomic mass is 35.5. The van der Waals surface area contributed by atoms with Gasteiger partial charge in [-0.1, -0.05) is 17.7 Å². The molecule has 0 saturated carbocycles. The molecule has 2 rings (SSSR count). The van der Waals surface area contributed by atoms with Gasteiger partial charge in [-0.25, -0.2) is 4.39 Å². The standard InChI is InChI=1S/C12H11ClFNO2/c13-9-3-1-7(6-10(9)14)5-8-2-4-11(16)15-12(8)17/h1,3,6,8H,2,4-5H2,(H,15,16,17). The summed E-state index contributed by atoms with van der Waals surface area (Å²) in [4.78, 5) is 22.5. The van der Waals surface area contributed by atoms with E-state index < -0.39 is 5.82 Å². The molecule has 1 saturated heterocycles. The summed E-state index contributed by atoms with van der Waals surface area (Å²) in [5, 5.41) is 2.34. The predicted octanol–water partition coefficient (Wildman–Crippen LogP) is 2.07. The fourth-order valence-corrected chi connectivity index (χ4v) is 2.00. The van der Waals surface area contributed by atoms with Gasteiger partial charge in [0.15, 0.2) is 0 Å². The number of hydrogen-bond acceptors (Lipinski definition) is 2. The van der Waals surface area contributed by atoms with Crippen LogP contribution in [0, 0.1) is 11.7 Å². The number of piperidine rings is 1. The Balaban J connectivity index is 2.08. The number of benzene rings is 1. The largest absolute Gasteiger partial charge is 0.296 e. The van der Waals surface area contributed by atoms with E-state index in [1.165, 1.54) is 12.1 Å². The summed E-state index contributed by atoms with van der Waals surface area (Å²) >= 11 is 5.57. The highest BCUT2D eigenvalue weighted by molar-refractivity contribution is 6.30. The quantitative estimate of drug-likeness (QED) is 0.823. The van der Waals surface area contributed by atoms with Gasteiger partial charge in [0.2, 0.25) is 11.8 Å². The molecule has 1 aliphatic rings. The maximum Gasteiger partial charge on any atom is 0.230 e. The van der Waals surface area contributed by atoms with E-state index in [2.05, 4.69) is 5.32 Å². The van der Waals surface area contributed by atoms with Gasteiger partial charge in [0.05, 0.1) is 5.02 Å². The number of carbonyl (C=O) groups is 2. The molecule has 0 aromatic heterocycles. The molecule has 1 N–H and O–H groups in total. The van der Waals surface area contributed by atoms with Crippen molar-refractivity contribution in [2.24, 2.45) is 5.92 Å². The third-order valence-corrected chi connectivity index (χ3v) is 3.13. The Morgan fingerprint density at radius 2 is 2.18 bits per heavy atom. The van der Waals surface area contributed by atoms with Crippen molar-refractivity contribution in [1.29, 1.82) is 0 Å². The van der Waals surface area contributed by atoms with Crippen molar-refractivity contribution in [3.05, 3.63) is 34.6 Å². The van der Waals surface area contributed by atoms with E-state index in [0.29, 0.717) is 24.8 Å². The van der Waals surface area contributed by atoms with Gasteiger partial charge in [0, 0.05) is 12.3 Å². The van der Waals surface area contributed by atoms with Gasteiger partial charge >= 0.3 is 0 Å². The maximum absolute atomic E-state index is 13.2. The number of hydrogen-bond donors (Lipinski definition) is 1. The normalized spacial score (nSPS) is 20.2. The van der Waals surface area contributed by atoms with Gasteiger partial charge in [-0.3, -0.25) is 14.9 Å². The monoisotopic (exact) mass is 255 g/mol. The molecule has 2 amide bonds. The molecule has 0 bridgehead atoms. The predicted molar refractivity (Wildman–Crippen MR) is 61.0 cm³/mol. The number of amides is 2. The number of imide groups is 1. The number of nitrogens with one attached hydrogen (secondary N) is 1. The Morgan fingerprint density at radius 1 is 1.41 bits per heavy atom. The van der Waals surface area contributed by atoms with Crippen molar-refractivity contribution in [1.82, 2.24) is 5.32 Å². The molecule has 1 fully saturated rings. The number of carbonyl (C=O) groups excluding carboxylic acids is 2.